The second kappa shape index (κ2) is 6.14. The fourth-order valence-corrected chi connectivity index (χ4v) is 3.22. The average Bonchev–Trinajstić information content (AvgIpc) is 2.51. The number of nitrogens with one attached hydrogen (secondary N) is 1. The molecule has 2 N–H and O–H groups in total. The van der Waals surface area contributed by atoms with Crippen molar-refractivity contribution in [2.24, 2.45) is 0 Å². The molecule has 1 atom stereocenters. The molecule has 1 aliphatic rings. The quantitative estimate of drug-likeness (QED) is 0.916. The zero-order chi connectivity index (χ0) is 14.7. The number of hydrogen-bond donors (Lipinski definition) is 2. The zero-order valence-corrected chi connectivity index (χ0v) is 12.6. The van der Waals surface area contributed by atoms with Gasteiger partial charge >= 0.3 is 0 Å². The molecule has 21 heavy (non-hydrogen) atoms. The Bertz CT molecular complexity index is 579. The molecule has 110 valence electrons. The van der Waals surface area contributed by atoms with Gasteiger partial charge in [-0.25, -0.2) is 0 Å². The topological polar surface area (TPSA) is 45.2 Å². The van der Waals surface area contributed by atoms with Gasteiger partial charge in [0.15, 0.2) is 0 Å². The lowest BCUT2D eigenvalue weighted by molar-refractivity contribution is -0.00588. The van der Waals surface area contributed by atoms with Crippen LogP contribution in [0.15, 0.2) is 48.7 Å². The van der Waals surface area contributed by atoms with Gasteiger partial charge in [0.05, 0.1) is 22.2 Å². The van der Waals surface area contributed by atoms with Gasteiger partial charge < -0.3 is 10.4 Å². The van der Waals surface area contributed by atoms with Crippen molar-refractivity contribution in [3.8, 4) is 0 Å². The molecule has 4 heteroatoms. The lowest BCUT2D eigenvalue weighted by atomic mass is 9.74. The first-order chi connectivity index (χ1) is 10.2. The fourth-order valence-electron chi connectivity index (χ4n) is 3.11. The van der Waals surface area contributed by atoms with E-state index in [1.165, 1.54) is 0 Å². The summed E-state index contributed by atoms with van der Waals surface area (Å²) in [6, 6.07) is 13.9. The van der Waals surface area contributed by atoms with Crippen molar-refractivity contribution >= 4 is 11.6 Å². The Balaban J connectivity index is 2.04. The molecule has 1 aromatic carbocycles. The molecular weight excluding hydrogens is 284 g/mol. The van der Waals surface area contributed by atoms with E-state index in [9.17, 15) is 5.11 Å². The number of rotatable bonds is 3. The third-order valence-corrected chi connectivity index (χ3v) is 4.41. The molecule has 0 aliphatic carbocycles. The van der Waals surface area contributed by atoms with E-state index in [2.05, 4.69) is 22.4 Å². The van der Waals surface area contributed by atoms with E-state index < -0.39 is 5.60 Å². The highest BCUT2D eigenvalue weighted by Crippen LogP contribution is 2.39. The van der Waals surface area contributed by atoms with Crippen LogP contribution in [-0.2, 0) is 0 Å². The number of halogens is 1. The highest BCUT2D eigenvalue weighted by Gasteiger charge is 2.40. The largest absolute Gasteiger partial charge is 0.389 e. The highest BCUT2D eigenvalue weighted by atomic mass is 35.5. The minimum atomic E-state index is -0.770. The number of piperidine rings is 1. The number of benzene rings is 1. The van der Waals surface area contributed by atoms with E-state index in [0.717, 1.165) is 37.2 Å². The van der Waals surface area contributed by atoms with E-state index in [4.69, 9.17) is 11.6 Å². The van der Waals surface area contributed by atoms with Crippen molar-refractivity contribution in [1.29, 1.82) is 0 Å². The molecule has 1 fully saturated rings. The van der Waals surface area contributed by atoms with E-state index in [1.807, 2.05) is 30.3 Å². The van der Waals surface area contributed by atoms with Gasteiger partial charge in [0.1, 0.15) is 0 Å². The van der Waals surface area contributed by atoms with Gasteiger partial charge in [0.25, 0.3) is 0 Å². The summed E-state index contributed by atoms with van der Waals surface area (Å²) in [7, 11) is 0. The second-order valence-corrected chi connectivity index (χ2v) is 6.03. The number of aliphatic hydroxyl groups is 1. The van der Waals surface area contributed by atoms with Gasteiger partial charge in [-0.3, -0.25) is 4.98 Å². The Labute approximate surface area is 130 Å². The molecule has 2 heterocycles. The Kier molecular flexibility index (Phi) is 4.24. The van der Waals surface area contributed by atoms with E-state index in [1.54, 1.807) is 6.20 Å². The smallest absolute Gasteiger partial charge is 0.0795 e. The number of nitrogens with zero attached hydrogens (tertiary/aromatic N) is 1. The third kappa shape index (κ3) is 3.10. The summed E-state index contributed by atoms with van der Waals surface area (Å²) in [6.07, 6.45) is 3.09. The maximum Gasteiger partial charge on any atom is 0.0795 e. The van der Waals surface area contributed by atoms with Crippen LogP contribution in [0.1, 0.15) is 30.0 Å². The lowest BCUT2D eigenvalue weighted by Gasteiger charge is -2.39. The maximum atomic E-state index is 11.2. The molecule has 0 radical (unpaired) electrons. The summed E-state index contributed by atoms with van der Waals surface area (Å²) in [5.41, 5.74) is 1.19. The van der Waals surface area contributed by atoms with Crippen LogP contribution in [-0.4, -0.2) is 28.8 Å². The van der Waals surface area contributed by atoms with Crippen molar-refractivity contribution < 1.29 is 5.11 Å². The Morgan fingerprint density at radius 1 is 1.10 bits per heavy atom. The molecule has 3 nitrogen and oxygen atoms in total. The van der Waals surface area contributed by atoms with Crippen LogP contribution in [0.25, 0.3) is 0 Å². The van der Waals surface area contributed by atoms with Crippen LogP contribution >= 0.6 is 11.6 Å². The summed E-state index contributed by atoms with van der Waals surface area (Å²) in [4.78, 5) is 4.46. The van der Waals surface area contributed by atoms with E-state index in [-0.39, 0.29) is 5.92 Å². The average molecular weight is 303 g/mol. The zero-order valence-electron chi connectivity index (χ0n) is 11.8. The lowest BCUT2D eigenvalue weighted by Crippen LogP contribution is -2.46. The molecule has 0 unspecified atom stereocenters. The minimum Gasteiger partial charge on any atom is -0.389 e. The van der Waals surface area contributed by atoms with E-state index >= 15 is 0 Å². The maximum absolute atomic E-state index is 11.2. The number of aromatic nitrogens is 1. The number of pyridine rings is 1. The standard InChI is InChI=1S/C17H19ClN2O/c18-14-6-7-15(20-12-14)16(13-4-2-1-3-5-13)17(21)8-10-19-11-9-17/h1-7,12,16,19,21H,8-11H2/t16-/m0/s1. The van der Waals surface area contributed by atoms with Crippen molar-refractivity contribution in [2.75, 3.05) is 13.1 Å². The van der Waals surface area contributed by atoms with Crippen LogP contribution in [0.2, 0.25) is 5.02 Å². The first-order valence-electron chi connectivity index (χ1n) is 7.28. The summed E-state index contributed by atoms with van der Waals surface area (Å²) in [5, 5.41) is 15.1. The Morgan fingerprint density at radius 2 is 1.81 bits per heavy atom. The minimum absolute atomic E-state index is 0.127. The monoisotopic (exact) mass is 302 g/mol. The van der Waals surface area contributed by atoms with Crippen molar-refractivity contribution in [1.82, 2.24) is 10.3 Å². The normalized spacial score (nSPS) is 19.1. The van der Waals surface area contributed by atoms with Gasteiger partial charge in [-0.2, -0.15) is 0 Å². The number of hydrogen-bond acceptors (Lipinski definition) is 3. The molecule has 3 rings (SSSR count). The van der Waals surface area contributed by atoms with Crippen molar-refractivity contribution in [2.45, 2.75) is 24.4 Å². The molecule has 1 aromatic heterocycles. The van der Waals surface area contributed by atoms with Crippen LogP contribution in [0.3, 0.4) is 0 Å². The summed E-state index contributed by atoms with van der Waals surface area (Å²) in [6.45, 7) is 1.65. The molecule has 1 aliphatic heterocycles. The summed E-state index contributed by atoms with van der Waals surface area (Å²) in [5.74, 6) is -0.127. The molecule has 0 spiro atoms. The second-order valence-electron chi connectivity index (χ2n) is 5.60. The predicted octanol–water partition coefficient (Wildman–Crippen LogP) is 2.98. The molecule has 0 saturated carbocycles. The molecule has 1 saturated heterocycles. The van der Waals surface area contributed by atoms with Gasteiger partial charge in [0.2, 0.25) is 0 Å². The highest BCUT2D eigenvalue weighted by molar-refractivity contribution is 6.30. The van der Waals surface area contributed by atoms with Crippen LogP contribution in [0, 0.1) is 0 Å². The van der Waals surface area contributed by atoms with Crippen LogP contribution in [0.5, 0.6) is 0 Å². The predicted molar refractivity (Wildman–Crippen MR) is 84.6 cm³/mol. The Morgan fingerprint density at radius 3 is 2.43 bits per heavy atom. The molecule has 0 bridgehead atoms. The molecule has 0 amide bonds. The summed E-state index contributed by atoms with van der Waals surface area (Å²) >= 11 is 5.95. The van der Waals surface area contributed by atoms with Gasteiger partial charge in [0, 0.05) is 6.20 Å². The van der Waals surface area contributed by atoms with E-state index in [0.29, 0.717) is 5.02 Å². The molecule has 2 aromatic rings. The third-order valence-electron chi connectivity index (χ3n) is 4.19. The SMILES string of the molecule is OC1([C@@H](c2ccccc2)c2ccc(Cl)cn2)CCNCC1. The van der Waals surface area contributed by atoms with Gasteiger partial charge in [-0.15, -0.1) is 0 Å². The van der Waals surface area contributed by atoms with Gasteiger partial charge in [-0.05, 0) is 43.6 Å². The fraction of sp³-hybridized carbons (Fsp3) is 0.353. The Hall–Kier alpha value is -1.42. The van der Waals surface area contributed by atoms with Crippen molar-refractivity contribution in [3.63, 3.8) is 0 Å². The van der Waals surface area contributed by atoms with Gasteiger partial charge in [-0.1, -0.05) is 41.9 Å². The van der Waals surface area contributed by atoms with Crippen LogP contribution in [0.4, 0.5) is 0 Å². The van der Waals surface area contributed by atoms with Crippen LogP contribution < -0.4 is 5.32 Å². The van der Waals surface area contributed by atoms with Crippen molar-refractivity contribution in [3.05, 3.63) is 64.9 Å². The first kappa shape index (κ1) is 14.5. The summed E-state index contributed by atoms with van der Waals surface area (Å²) < 4.78 is 0. The first-order valence-corrected chi connectivity index (χ1v) is 7.66. The molecular formula is C17H19ClN2O.